The molecule has 1 aliphatic rings. The Morgan fingerprint density at radius 3 is 2.65 bits per heavy atom. The molecular weight excluding hydrogens is 364 g/mol. The van der Waals surface area contributed by atoms with E-state index in [1.54, 1.807) is 0 Å². The van der Waals surface area contributed by atoms with Crippen molar-refractivity contribution in [2.45, 2.75) is 12.5 Å². The lowest BCUT2D eigenvalue weighted by molar-refractivity contribution is 0.136. The van der Waals surface area contributed by atoms with Gasteiger partial charge in [0.25, 0.3) is 0 Å². The maximum atomic E-state index is 13.9. The first-order chi connectivity index (χ1) is 9.09. The number of benzene rings is 1. The van der Waals surface area contributed by atoms with Gasteiger partial charge in [0.15, 0.2) is 11.6 Å². The van der Waals surface area contributed by atoms with Crippen LogP contribution in [0.4, 0.5) is 13.6 Å². The van der Waals surface area contributed by atoms with E-state index in [4.69, 9.17) is 5.11 Å². The SMILES string of the molecule is C[C@@]1(c2cc(Br)cc(F)c2F)COS(=O)(=O)N1C(=O)O. The van der Waals surface area contributed by atoms with Crippen LogP contribution in [0.15, 0.2) is 16.6 Å². The summed E-state index contributed by atoms with van der Waals surface area (Å²) in [5.74, 6) is -2.56. The van der Waals surface area contributed by atoms with Gasteiger partial charge >= 0.3 is 16.4 Å². The van der Waals surface area contributed by atoms with Crippen molar-refractivity contribution >= 4 is 32.3 Å². The molecule has 1 fully saturated rings. The minimum atomic E-state index is -4.56. The number of nitrogens with zero attached hydrogens (tertiary/aromatic N) is 1. The molecule has 0 radical (unpaired) electrons. The summed E-state index contributed by atoms with van der Waals surface area (Å²) >= 11 is 2.94. The number of rotatable bonds is 1. The van der Waals surface area contributed by atoms with E-state index in [0.717, 1.165) is 19.1 Å². The Kier molecular flexibility index (Phi) is 3.51. The Balaban J connectivity index is 2.70. The van der Waals surface area contributed by atoms with Crippen molar-refractivity contribution in [3.8, 4) is 0 Å². The Labute approximate surface area is 121 Å². The zero-order valence-electron chi connectivity index (χ0n) is 9.93. The van der Waals surface area contributed by atoms with Crippen molar-refractivity contribution in [3.05, 3.63) is 33.8 Å². The van der Waals surface area contributed by atoms with Crippen molar-refractivity contribution in [1.82, 2.24) is 4.31 Å². The monoisotopic (exact) mass is 371 g/mol. The number of carbonyl (C=O) groups is 1. The number of carboxylic acid groups (broad SMARTS) is 1. The average Bonchev–Trinajstić information content (AvgIpc) is 2.55. The third-order valence-corrected chi connectivity index (χ3v) is 4.79. The predicted octanol–water partition coefficient (Wildman–Crippen LogP) is 2.20. The molecule has 0 spiro atoms. The van der Waals surface area contributed by atoms with Crippen molar-refractivity contribution in [1.29, 1.82) is 0 Å². The lowest BCUT2D eigenvalue weighted by atomic mass is 9.92. The number of hydrogen-bond acceptors (Lipinski definition) is 4. The Morgan fingerprint density at radius 2 is 2.10 bits per heavy atom. The van der Waals surface area contributed by atoms with E-state index in [9.17, 15) is 22.0 Å². The smallest absolute Gasteiger partial charge is 0.423 e. The molecule has 1 heterocycles. The van der Waals surface area contributed by atoms with Crippen molar-refractivity contribution in [2.24, 2.45) is 0 Å². The minimum Gasteiger partial charge on any atom is -0.464 e. The molecule has 1 saturated heterocycles. The highest BCUT2D eigenvalue weighted by atomic mass is 79.9. The first kappa shape index (κ1) is 15.1. The van der Waals surface area contributed by atoms with Gasteiger partial charge < -0.3 is 5.11 Å². The quantitative estimate of drug-likeness (QED) is 0.765. The second-order valence-corrected chi connectivity index (χ2v) is 6.66. The molecule has 1 atom stereocenters. The van der Waals surface area contributed by atoms with Crippen molar-refractivity contribution in [2.75, 3.05) is 6.61 Å². The predicted molar refractivity (Wildman–Crippen MR) is 66.1 cm³/mol. The molecule has 1 aromatic carbocycles. The molecule has 0 aromatic heterocycles. The maximum Gasteiger partial charge on any atom is 0.423 e. The van der Waals surface area contributed by atoms with E-state index in [0.29, 0.717) is 0 Å². The minimum absolute atomic E-state index is 0.0235. The van der Waals surface area contributed by atoms with Crippen LogP contribution in [0.5, 0.6) is 0 Å². The summed E-state index contributed by atoms with van der Waals surface area (Å²) in [6, 6.07) is 1.95. The molecule has 1 amide bonds. The molecular formula is C10H8BrF2NO5S. The lowest BCUT2D eigenvalue weighted by Crippen LogP contribution is -2.46. The number of amides is 1. The summed E-state index contributed by atoms with van der Waals surface area (Å²) in [7, 11) is -4.56. The molecule has 2 rings (SSSR count). The van der Waals surface area contributed by atoms with Gasteiger partial charge in [0.1, 0.15) is 5.54 Å². The molecule has 0 aliphatic carbocycles. The van der Waals surface area contributed by atoms with Crippen LogP contribution < -0.4 is 0 Å². The Hall–Kier alpha value is -1.26. The van der Waals surface area contributed by atoms with Crippen molar-refractivity contribution in [3.63, 3.8) is 0 Å². The van der Waals surface area contributed by atoms with Gasteiger partial charge in [-0.2, -0.15) is 12.7 Å². The number of halogens is 3. The zero-order chi connectivity index (χ0) is 15.3. The largest absolute Gasteiger partial charge is 0.464 e. The van der Waals surface area contributed by atoms with E-state index in [-0.39, 0.29) is 8.78 Å². The zero-order valence-corrected chi connectivity index (χ0v) is 12.3. The Morgan fingerprint density at radius 1 is 1.50 bits per heavy atom. The van der Waals surface area contributed by atoms with Crippen LogP contribution in [0.3, 0.4) is 0 Å². The standard InChI is InChI=1S/C10H8BrF2NO5S/c1-10(4-19-20(17,18)14(10)9(15)16)6-2-5(11)3-7(12)8(6)13/h2-3H,4H2,1H3,(H,15,16)/t10-/m0/s1. The number of hydrogen-bond donors (Lipinski definition) is 1. The lowest BCUT2D eigenvalue weighted by Gasteiger charge is -2.29. The molecule has 0 bridgehead atoms. The highest BCUT2D eigenvalue weighted by Gasteiger charge is 2.54. The Bertz CT molecular complexity index is 695. The van der Waals surface area contributed by atoms with Crippen LogP contribution in [0, 0.1) is 11.6 Å². The normalized spacial score (nSPS) is 24.9. The molecule has 110 valence electrons. The summed E-state index contributed by atoms with van der Waals surface area (Å²) in [5, 5.41) is 9.01. The van der Waals surface area contributed by atoms with Crippen molar-refractivity contribution < 1.29 is 31.3 Å². The molecule has 1 aliphatic heterocycles. The maximum absolute atomic E-state index is 13.9. The second-order valence-electron chi connectivity index (χ2n) is 4.29. The molecule has 10 heteroatoms. The van der Waals surface area contributed by atoms with Crippen LogP contribution in [0.1, 0.15) is 12.5 Å². The summed E-state index contributed by atoms with van der Waals surface area (Å²) in [6.45, 7) is 0.490. The fraction of sp³-hybridized carbons (Fsp3) is 0.300. The van der Waals surface area contributed by atoms with Gasteiger partial charge in [-0.3, -0.25) is 4.18 Å². The van der Waals surface area contributed by atoms with E-state index < -0.39 is 45.7 Å². The van der Waals surface area contributed by atoms with Gasteiger partial charge in [0.05, 0.1) is 6.61 Å². The molecule has 1 N–H and O–H groups in total. The topological polar surface area (TPSA) is 83.9 Å². The average molecular weight is 372 g/mol. The van der Waals surface area contributed by atoms with Crippen LogP contribution in [-0.2, 0) is 20.0 Å². The van der Waals surface area contributed by atoms with E-state index in [1.165, 1.54) is 0 Å². The molecule has 20 heavy (non-hydrogen) atoms. The van der Waals surface area contributed by atoms with Crippen LogP contribution >= 0.6 is 15.9 Å². The van der Waals surface area contributed by atoms with Crippen LogP contribution in [-0.4, -0.2) is 30.5 Å². The molecule has 6 nitrogen and oxygen atoms in total. The van der Waals surface area contributed by atoms with Crippen LogP contribution in [0.25, 0.3) is 0 Å². The molecule has 0 saturated carbocycles. The van der Waals surface area contributed by atoms with Crippen LogP contribution in [0.2, 0.25) is 0 Å². The van der Waals surface area contributed by atoms with E-state index in [1.807, 2.05) is 0 Å². The summed E-state index contributed by atoms with van der Waals surface area (Å²) in [5.41, 5.74) is -2.33. The van der Waals surface area contributed by atoms with E-state index >= 15 is 0 Å². The third-order valence-electron chi connectivity index (χ3n) is 2.91. The van der Waals surface area contributed by atoms with Gasteiger partial charge in [0.2, 0.25) is 0 Å². The molecule has 0 unspecified atom stereocenters. The first-order valence-electron chi connectivity index (χ1n) is 5.17. The van der Waals surface area contributed by atoms with Gasteiger partial charge in [-0.25, -0.2) is 13.6 Å². The van der Waals surface area contributed by atoms with Gasteiger partial charge in [-0.1, -0.05) is 15.9 Å². The highest BCUT2D eigenvalue weighted by Crippen LogP contribution is 2.40. The molecule has 1 aromatic rings. The fourth-order valence-corrected chi connectivity index (χ4v) is 3.74. The second kappa shape index (κ2) is 4.64. The van der Waals surface area contributed by atoms with Gasteiger partial charge in [-0.05, 0) is 19.1 Å². The van der Waals surface area contributed by atoms with Gasteiger partial charge in [-0.15, -0.1) is 0 Å². The summed E-state index contributed by atoms with van der Waals surface area (Å²) < 4.78 is 55.0. The van der Waals surface area contributed by atoms with E-state index in [2.05, 4.69) is 20.1 Å². The first-order valence-corrected chi connectivity index (χ1v) is 7.33. The summed E-state index contributed by atoms with van der Waals surface area (Å²) in [6.07, 6.45) is -1.84. The summed E-state index contributed by atoms with van der Waals surface area (Å²) in [4.78, 5) is 11.1. The van der Waals surface area contributed by atoms with Gasteiger partial charge in [0, 0.05) is 10.0 Å². The third kappa shape index (κ3) is 2.17. The highest BCUT2D eigenvalue weighted by molar-refractivity contribution is 9.10. The fourth-order valence-electron chi connectivity index (χ4n) is 1.99.